The molecule has 1 heteroatoms. The number of rotatable bonds is 2. The fourth-order valence-electron chi connectivity index (χ4n) is 0.0630. The van der Waals surface area contributed by atoms with Crippen molar-refractivity contribution < 1.29 is 0 Å². The number of hydrogen-bond donors (Lipinski definition) is 0. The minimum Gasteiger partial charge on any atom is -0.103 e. The summed E-state index contributed by atoms with van der Waals surface area (Å²) in [5, 5.41) is 0. The topological polar surface area (TPSA) is 0 Å². The molecule has 1 radical (unpaired) electrons. The Hall–Kier alpha value is 0.470. The van der Waals surface area contributed by atoms with Crippen molar-refractivity contribution >= 4 is 22.6 Å². The molecule has 5 heavy (non-hydrogen) atoms. The van der Waals surface area contributed by atoms with Gasteiger partial charge in [0, 0.05) is 4.43 Å². The highest BCUT2D eigenvalue weighted by molar-refractivity contribution is 14.1. The molecule has 0 unspecified atom stereocenters. The molecule has 0 aromatic heterocycles. The van der Waals surface area contributed by atoms with Crippen molar-refractivity contribution in [1.29, 1.82) is 0 Å². The number of halogens is 1. The van der Waals surface area contributed by atoms with E-state index < -0.39 is 0 Å². The van der Waals surface area contributed by atoms with Gasteiger partial charge >= 0.3 is 0 Å². The van der Waals surface area contributed by atoms with E-state index in [1.807, 2.05) is 10.5 Å². The monoisotopic (exact) mass is 181 g/mol. The molecule has 0 saturated heterocycles. The Kier molecular flexibility index (Phi) is 4.89. The molecule has 0 amide bonds. The first-order valence-corrected chi connectivity index (χ1v) is 2.69. The van der Waals surface area contributed by atoms with E-state index in [-0.39, 0.29) is 0 Å². The molecule has 0 atom stereocenters. The maximum absolute atomic E-state index is 3.51. The van der Waals surface area contributed by atoms with Gasteiger partial charge in [-0.3, -0.25) is 0 Å². The van der Waals surface area contributed by atoms with Gasteiger partial charge in [-0.05, 0) is 6.42 Å². The van der Waals surface area contributed by atoms with Gasteiger partial charge in [0.2, 0.25) is 0 Å². The summed E-state index contributed by atoms with van der Waals surface area (Å²) >= 11 is 2.19. The number of allylic oxidation sites excluding steroid dienone is 1. The Morgan fingerprint density at radius 1 is 1.80 bits per heavy atom. The van der Waals surface area contributed by atoms with E-state index in [4.69, 9.17) is 0 Å². The molecule has 29 valence electrons. The normalized spacial score (nSPS) is 7.40. The third kappa shape index (κ3) is 4.47. The zero-order chi connectivity index (χ0) is 4.12. The predicted octanol–water partition coefficient (Wildman–Crippen LogP) is 2.16. The maximum Gasteiger partial charge on any atom is 0.0265 e. The van der Waals surface area contributed by atoms with Crippen LogP contribution in [0.2, 0.25) is 0 Å². The van der Waals surface area contributed by atoms with Crippen molar-refractivity contribution in [3.05, 3.63) is 17.1 Å². The van der Waals surface area contributed by atoms with Crippen molar-refractivity contribution in [2.75, 3.05) is 0 Å². The maximum atomic E-state index is 3.51. The van der Waals surface area contributed by atoms with Crippen LogP contribution in [-0.2, 0) is 0 Å². The second-order valence-electron chi connectivity index (χ2n) is 0.679. The van der Waals surface area contributed by atoms with Crippen molar-refractivity contribution in [3.8, 4) is 0 Å². The van der Waals surface area contributed by atoms with Crippen molar-refractivity contribution in [2.45, 2.75) is 6.42 Å². The van der Waals surface area contributed by atoms with Crippen molar-refractivity contribution in [2.24, 2.45) is 0 Å². The molecule has 0 nitrogen and oxygen atoms in total. The van der Waals surface area contributed by atoms with Crippen LogP contribution >= 0.6 is 22.6 Å². The molecule has 0 aliphatic heterocycles. The van der Waals surface area contributed by atoms with Crippen LogP contribution < -0.4 is 0 Å². The molecule has 0 aliphatic carbocycles. The van der Waals surface area contributed by atoms with Crippen LogP contribution in [0, 0.1) is 4.43 Å². The molecular weight excluding hydrogens is 175 g/mol. The van der Waals surface area contributed by atoms with Crippen LogP contribution in [0.5, 0.6) is 0 Å². The average Bonchev–Trinajstić information content (AvgIpc) is 1.41. The third-order valence-electron chi connectivity index (χ3n) is 0.256. The third-order valence-corrected chi connectivity index (χ3v) is 0.764. The van der Waals surface area contributed by atoms with Gasteiger partial charge in [-0.2, -0.15) is 0 Å². The molecule has 0 saturated carbocycles. The van der Waals surface area contributed by atoms with E-state index in [0.29, 0.717) is 0 Å². The van der Waals surface area contributed by atoms with Crippen LogP contribution in [0.25, 0.3) is 0 Å². The summed E-state index contributed by atoms with van der Waals surface area (Å²) in [6, 6.07) is 0. The SMILES string of the molecule is C=CC[CH]I. The van der Waals surface area contributed by atoms with Gasteiger partial charge in [-0.15, -0.1) is 6.58 Å². The zero-order valence-corrected chi connectivity index (χ0v) is 5.10. The summed E-state index contributed by atoms with van der Waals surface area (Å²) in [5.41, 5.74) is 0. The van der Waals surface area contributed by atoms with Crippen LogP contribution in [0.4, 0.5) is 0 Å². The van der Waals surface area contributed by atoms with E-state index in [0.717, 1.165) is 6.42 Å². The summed E-state index contributed by atoms with van der Waals surface area (Å²) in [4.78, 5) is 0. The smallest absolute Gasteiger partial charge is 0.0265 e. The molecule has 0 N–H and O–H groups in total. The summed E-state index contributed by atoms with van der Waals surface area (Å²) in [5.74, 6) is 0. The Balaban J connectivity index is 2.40. The van der Waals surface area contributed by atoms with Gasteiger partial charge in [0.15, 0.2) is 0 Å². The lowest BCUT2D eigenvalue weighted by atomic mass is 10.5. The van der Waals surface area contributed by atoms with E-state index in [1.54, 1.807) is 0 Å². The lowest BCUT2D eigenvalue weighted by Gasteiger charge is -1.70. The molecule has 0 fully saturated rings. The van der Waals surface area contributed by atoms with Crippen LogP contribution in [0.15, 0.2) is 12.7 Å². The van der Waals surface area contributed by atoms with Gasteiger partial charge < -0.3 is 0 Å². The van der Waals surface area contributed by atoms with Gasteiger partial charge in [-0.25, -0.2) is 0 Å². The molecule has 0 aromatic carbocycles. The summed E-state index contributed by atoms with van der Waals surface area (Å²) in [7, 11) is 0. The highest BCUT2D eigenvalue weighted by Crippen LogP contribution is 1.93. The van der Waals surface area contributed by atoms with Crippen LogP contribution in [-0.4, -0.2) is 0 Å². The largest absolute Gasteiger partial charge is 0.103 e. The van der Waals surface area contributed by atoms with Crippen molar-refractivity contribution in [3.63, 3.8) is 0 Å². The van der Waals surface area contributed by atoms with Crippen molar-refractivity contribution in [1.82, 2.24) is 0 Å². The lowest BCUT2D eigenvalue weighted by Crippen LogP contribution is -1.48. The van der Waals surface area contributed by atoms with E-state index in [9.17, 15) is 0 Å². The first kappa shape index (κ1) is 5.47. The first-order valence-electron chi connectivity index (χ1n) is 1.44. The average molecular weight is 181 g/mol. The second-order valence-corrected chi connectivity index (χ2v) is 1.56. The minimum atomic E-state index is 1.01. The minimum absolute atomic E-state index is 1.01. The molecule has 0 spiro atoms. The van der Waals surface area contributed by atoms with E-state index in [1.165, 1.54) is 0 Å². The predicted molar refractivity (Wildman–Crippen MR) is 33.1 cm³/mol. The summed E-state index contributed by atoms with van der Waals surface area (Å²) < 4.78 is 2.03. The molecule has 0 aromatic rings. The lowest BCUT2D eigenvalue weighted by molar-refractivity contribution is 1.40. The zero-order valence-electron chi connectivity index (χ0n) is 2.95. The summed E-state index contributed by atoms with van der Waals surface area (Å²) in [6.45, 7) is 3.51. The van der Waals surface area contributed by atoms with Gasteiger partial charge in [-0.1, -0.05) is 28.7 Å². The Morgan fingerprint density at radius 3 is 2.40 bits per heavy atom. The fourth-order valence-corrected chi connectivity index (χ4v) is 0.423. The fraction of sp³-hybridized carbons (Fsp3) is 0.250. The standard InChI is InChI=1S/C4H6I/c1-2-3-4-5/h2,4H,1,3H2. The quantitative estimate of drug-likeness (QED) is 0.452. The van der Waals surface area contributed by atoms with Crippen LogP contribution in [0.3, 0.4) is 0 Å². The second kappa shape index (κ2) is 4.47. The highest BCUT2D eigenvalue weighted by Gasteiger charge is 1.64. The Labute approximate surface area is 46.4 Å². The van der Waals surface area contributed by atoms with Crippen LogP contribution in [0.1, 0.15) is 6.42 Å². The Morgan fingerprint density at radius 2 is 2.40 bits per heavy atom. The molecule has 0 bridgehead atoms. The van der Waals surface area contributed by atoms with E-state index in [2.05, 4.69) is 29.2 Å². The van der Waals surface area contributed by atoms with Gasteiger partial charge in [0.05, 0.1) is 0 Å². The molecule has 0 aliphatic rings. The molecule has 0 rings (SSSR count). The first-order chi connectivity index (χ1) is 2.41. The number of hydrogen-bond acceptors (Lipinski definition) is 0. The van der Waals surface area contributed by atoms with Gasteiger partial charge in [0.25, 0.3) is 0 Å². The Bertz CT molecular complexity index is 24.8. The van der Waals surface area contributed by atoms with E-state index >= 15 is 0 Å². The van der Waals surface area contributed by atoms with Gasteiger partial charge in [0.1, 0.15) is 0 Å². The highest BCUT2D eigenvalue weighted by atomic mass is 127. The molecular formula is C4H6I. The molecule has 0 heterocycles. The summed E-state index contributed by atoms with van der Waals surface area (Å²) in [6.07, 6.45) is 2.88.